The van der Waals surface area contributed by atoms with Crippen molar-refractivity contribution in [3.63, 3.8) is 0 Å². The molecule has 0 aliphatic heterocycles. The number of methoxy groups -OCH3 is 1. The van der Waals surface area contributed by atoms with Crippen molar-refractivity contribution in [3.05, 3.63) is 23.4 Å². The molecule has 0 fully saturated rings. The zero-order valence-electron chi connectivity index (χ0n) is 7.53. The van der Waals surface area contributed by atoms with Crippen molar-refractivity contribution in [1.82, 2.24) is 4.98 Å². The second-order valence-electron chi connectivity index (χ2n) is 2.77. The minimum atomic E-state index is -0.470. The average Bonchev–Trinajstić information content (AvgIpc) is 2.04. The minimum Gasteiger partial charge on any atom is -0.481 e. The normalized spacial score (nSPS) is 12.7. The fourth-order valence-electron chi connectivity index (χ4n) is 1.03. The smallest absolute Gasteiger partial charge is 0.215 e. The summed E-state index contributed by atoms with van der Waals surface area (Å²) in [7, 11) is 1.58. The largest absolute Gasteiger partial charge is 0.481 e. The summed E-state index contributed by atoms with van der Waals surface area (Å²) in [4.78, 5) is 4.04. The van der Waals surface area contributed by atoms with Gasteiger partial charge in [-0.2, -0.15) is 0 Å². The summed E-state index contributed by atoms with van der Waals surface area (Å²) in [6.07, 6.45) is 1.15. The van der Waals surface area contributed by atoms with Crippen LogP contribution in [0, 0.1) is 6.92 Å². The van der Waals surface area contributed by atoms with Crippen molar-refractivity contribution in [2.45, 2.75) is 20.0 Å². The van der Waals surface area contributed by atoms with Gasteiger partial charge in [-0.15, -0.1) is 0 Å². The molecule has 1 heterocycles. The Balaban J connectivity index is 3.02. The van der Waals surface area contributed by atoms with Crippen LogP contribution in [-0.2, 0) is 0 Å². The first-order valence-corrected chi connectivity index (χ1v) is 3.83. The summed E-state index contributed by atoms with van der Waals surface area (Å²) < 4.78 is 4.99. The van der Waals surface area contributed by atoms with Crippen LogP contribution in [0.4, 0.5) is 0 Å². The lowest BCUT2D eigenvalue weighted by molar-refractivity contribution is 0.198. The van der Waals surface area contributed by atoms with Crippen molar-refractivity contribution >= 4 is 0 Å². The Bertz CT molecular complexity index is 271. The van der Waals surface area contributed by atoms with Gasteiger partial charge in [0, 0.05) is 11.8 Å². The third-order valence-electron chi connectivity index (χ3n) is 1.73. The summed E-state index contributed by atoms with van der Waals surface area (Å²) in [5.41, 5.74) is 1.75. The Morgan fingerprint density at radius 1 is 1.58 bits per heavy atom. The topological polar surface area (TPSA) is 42.4 Å². The van der Waals surface area contributed by atoms with Crippen LogP contribution < -0.4 is 4.74 Å². The predicted octanol–water partition coefficient (Wildman–Crippen LogP) is 1.45. The molecular formula is C9H13NO2. The molecule has 0 aromatic carbocycles. The molecule has 0 saturated carbocycles. The van der Waals surface area contributed by atoms with Gasteiger partial charge in [0.15, 0.2) is 0 Å². The third kappa shape index (κ3) is 1.74. The molecule has 12 heavy (non-hydrogen) atoms. The van der Waals surface area contributed by atoms with E-state index in [4.69, 9.17) is 4.74 Å². The van der Waals surface area contributed by atoms with Crippen LogP contribution in [-0.4, -0.2) is 17.2 Å². The summed E-state index contributed by atoms with van der Waals surface area (Å²) in [5, 5.41) is 9.23. The molecule has 0 saturated heterocycles. The first kappa shape index (κ1) is 9.00. The molecule has 66 valence electrons. The van der Waals surface area contributed by atoms with Gasteiger partial charge in [0.05, 0.1) is 13.2 Å². The minimum absolute atomic E-state index is 0.470. The van der Waals surface area contributed by atoms with Crippen LogP contribution in [0.25, 0.3) is 0 Å². The van der Waals surface area contributed by atoms with Gasteiger partial charge >= 0.3 is 0 Å². The summed E-state index contributed by atoms with van der Waals surface area (Å²) in [6.45, 7) is 3.61. The van der Waals surface area contributed by atoms with Crippen LogP contribution in [0.5, 0.6) is 5.88 Å². The van der Waals surface area contributed by atoms with E-state index in [1.165, 1.54) is 0 Å². The van der Waals surface area contributed by atoms with Crippen molar-refractivity contribution in [2.24, 2.45) is 0 Å². The second kappa shape index (κ2) is 3.54. The monoisotopic (exact) mass is 167 g/mol. The molecule has 1 aromatic heterocycles. The predicted molar refractivity (Wildman–Crippen MR) is 46.2 cm³/mol. The lowest BCUT2D eigenvalue weighted by Crippen LogP contribution is -1.96. The molecule has 0 spiro atoms. The van der Waals surface area contributed by atoms with E-state index < -0.39 is 6.10 Å². The van der Waals surface area contributed by atoms with E-state index in [2.05, 4.69) is 4.98 Å². The van der Waals surface area contributed by atoms with E-state index in [0.29, 0.717) is 5.88 Å². The summed E-state index contributed by atoms with van der Waals surface area (Å²) in [5.74, 6) is 0.611. The molecule has 1 atom stereocenters. The van der Waals surface area contributed by atoms with Crippen LogP contribution >= 0.6 is 0 Å². The van der Waals surface area contributed by atoms with Crippen LogP contribution in [0.15, 0.2) is 12.3 Å². The van der Waals surface area contributed by atoms with Gasteiger partial charge in [-0.1, -0.05) is 0 Å². The number of ether oxygens (including phenoxy) is 1. The molecule has 0 aliphatic carbocycles. The maximum atomic E-state index is 9.23. The van der Waals surface area contributed by atoms with Crippen molar-refractivity contribution < 1.29 is 9.84 Å². The molecule has 1 rings (SSSR count). The van der Waals surface area contributed by atoms with Crippen LogP contribution in [0.1, 0.15) is 24.2 Å². The first-order chi connectivity index (χ1) is 5.65. The number of aliphatic hydroxyl groups is 1. The molecule has 3 nitrogen and oxygen atoms in total. The van der Waals surface area contributed by atoms with Gasteiger partial charge in [0.25, 0.3) is 0 Å². The Hall–Kier alpha value is -1.09. The number of rotatable bonds is 2. The Labute approximate surface area is 72.0 Å². The van der Waals surface area contributed by atoms with Gasteiger partial charge in [-0.25, -0.2) is 4.98 Å². The maximum absolute atomic E-state index is 9.23. The van der Waals surface area contributed by atoms with Crippen molar-refractivity contribution in [3.8, 4) is 5.88 Å². The molecule has 0 amide bonds. The van der Waals surface area contributed by atoms with Gasteiger partial charge in [0.2, 0.25) is 5.88 Å². The number of hydrogen-bond donors (Lipinski definition) is 1. The SMILES string of the molecule is COc1ncc([C@@H](C)O)cc1C. The summed E-state index contributed by atoms with van der Waals surface area (Å²) in [6, 6.07) is 1.87. The van der Waals surface area contributed by atoms with E-state index in [0.717, 1.165) is 11.1 Å². The van der Waals surface area contributed by atoms with E-state index in [9.17, 15) is 5.11 Å². The van der Waals surface area contributed by atoms with Crippen LogP contribution in [0.2, 0.25) is 0 Å². The van der Waals surface area contributed by atoms with E-state index in [1.807, 2.05) is 13.0 Å². The zero-order chi connectivity index (χ0) is 9.14. The van der Waals surface area contributed by atoms with E-state index in [1.54, 1.807) is 20.2 Å². The maximum Gasteiger partial charge on any atom is 0.215 e. The molecule has 3 heteroatoms. The number of hydrogen-bond acceptors (Lipinski definition) is 3. The first-order valence-electron chi connectivity index (χ1n) is 3.83. The Morgan fingerprint density at radius 2 is 2.25 bits per heavy atom. The third-order valence-corrected chi connectivity index (χ3v) is 1.73. The lowest BCUT2D eigenvalue weighted by Gasteiger charge is -2.07. The number of pyridine rings is 1. The van der Waals surface area contributed by atoms with Crippen molar-refractivity contribution in [1.29, 1.82) is 0 Å². The number of aromatic nitrogens is 1. The standard InChI is InChI=1S/C9H13NO2/c1-6-4-8(7(2)11)5-10-9(6)12-3/h4-5,7,11H,1-3H3/t7-/m1/s1. The molecule has 0 unspecified atom stereocenters. The Morgan fingerprint density at radius 3 is 2.67 bits per heavy atom. The fraction of sp³-hybridized carbons (Fsp3) is 0.444. The van der Waals surface area contributed by atoms with Gasteiger partial charge in [-0.05, 0) is 25.5 Å². The highest BCUT2D eigenvalue weighted by Gasteiger charge is 2.04. The quantitative estimate of drug-likeness (QED) is 0.725. The van der Waals surface area contributed by atoms with Crippen molar-refractivity contribution in [2.75, 3.05) is 7.11 Å². The molecule has 0 aliphatic rings. The Kier molecular flexibility index (Phi) is 2.65. The molecule has 0 bridgehead atoms. The lowest BCUT2D eigenvalue weighted by atomic mass is 10.1. The molecular weight excluding hydrogens is 154 g/mol. The van der Waals surface area contributed by atoms with Crippen LogP contribution in [0.3, 0.4) is 0 Å². The average molecular weight is 167 g/mol. The molecule has 1 aromatic rings. The second-order valence-corrected chi connectivity index (χ2v) is 2.77. The highest BCUT2D eigenvalue weighted by Crippen LogP contribution is 2.18. The number of nitrogens with zero attached hydrogens (tertiary/aromatic N) is 1. The zero-order valence-corrected chi connectivity index (χ0v) is 7.53. The van der Waals surface area contributed by atoms with Gasteiger partial charge in [0.1, 0.15) is 0 Å². The van der Waals surface area contributed by atoms with Gasteiger partial charge < -0.3 is 9.84 Å². The number of aliphatic hydroxyl groups excluding tert-OH is 1. The highest BCUT2D eigenvalue weighted by atomic mass is 16.5. The van der Waals surface area contributed by atoms with Gasteiger partial charge in [-0.3, -0.25) is 0 Å². The van der Waals surface area contributed by atoms with E-state index in [-0.39, 0.29) is 0 Å². The fourth-order valence-corrected chi connectivity index (χ4v) is 1.03. The van der Waals surface area contributed by atoms with E-state index >= 15 is 0 Å². The highest BCUT2D eigenvalue weighted by molar-refractivity contribution is 5.29. The molecule has 0 radical (unpaired) electrons. The summed E-state index contributed by atoms with van der Waals surface area (Å²) >= 11 is 0. The number of aryl methyl sites for hydroxylation is 1. The molecule has 1 N–H and O–H groups in total.